The van der Waals surface area contributed by atoms with Crippen LogP contribution in [0.2, 0.25) is 0 Å². The third kappa shape index (κ3) is 7.60. The largest absolute Gasteiger partial charge is 0.493 e. The van der Waals surface area contributed by atoms with Gasteiger partial charge in [-0.15, -0.1) is 0 Å². The minimum atomic E-state index is -4.67. The Hall–Kier alpha value is -4.92. The van der Waals surface area contributed by atoms with Crippen LogP contribution in [0.4, 0.5) is 19.0 Å². The number of carbonyl (C=O) groups excluding carboxylic acids is 2. The van der Waals surface area contributed by atoms with E-state index in [0.29, 0.717) is 46.3 Å². The smallest absolute Gasteiger partial charge is 0.419 e. The molecule has 0 aliphatic rings. The maximum Gasteiger partial charge on any atom is 0.419 e. The van der Waals surface area contributed by atoms with Crippen LogP contribution in [-0.2, 0) is 15.8 Å². The number of hydrogen-bond donors (Lipinski definition) is 1. The highest BCUT2D eigenvalue weighted by Crippen LogP contribution is 2.36. The van der Waals surface area contributed by atoms with Crippen molar-refractivity contribution < 1.29 is 32.2 Å². The third-order valence-electron chi connectivity index (χ3n) is 6.99. The number of likely N-dealkylation sites (N-methyl/N-ethyl adjacent to an activating group) is 2. The minimum absolute atomic E-state index is 0.0554. The van der Waals surface area contributed by atoms with Crippen molar-refractivity contribution in [2.45, 2.75) is 13.1 Å². The standard InChI is InChI=1S/C30H35F3N8O4/c1-18-28(20-13-21(30(31,32)33)29(34)35-15-20)41-25(36-18)10-8-22(37-41)19-7-9-23(24(14-19)44-6)45-12-11-40(16-26(42)38(2)3)17-27(43)39(4)5/h7-10,13-15H,11-12,16-17H2,1-6H3,(H2,34,35). The fourth-order valence-electron chi connectivity index (χ4n) is 4.47. The van der Waals surface area contributed by atoms with Crippen molar-refractivity contribution in [3.63, 3.8) is 0 Å². The van der Waals surface area contributed by atoms with Crippen LogP contribution in [0.25, 0.3) is 28.2 Å². The Labute approximate surface area is 258 Å². The Morgan fingerprint density at radius 2 is 1.62 bits per heavy atom. The summed E-state index contributed by atoms with van der Waals surface area (Å²) in [7, 11) is 8.09. The van der Waals surface area contributed by atoms with Gasteiger partial charge < -0.3 is 25.0 Å². The summed E-state index contributed by atoms with van der Waals surface area (Å²) in [5.74, 6) is -0.0471. The lowest BCUT2D eigenvalue weighted by atomic mass is 10.1. The molecule has 1 aromatic carbocycles. The first kappa shape index (κ1) is 33.0. The van der Waals surface area contributed by atoms with E-state index in [9.17, 15) is 22.8 Å². The first-order chi connectivity index (χ1) is 21.2. The highest BCUT2D eigenvalue weighted by atomic mass is 19.4. The van der Waals surface area contributed by atoms with Gasteiger partial charge in [-0.3, -0.25) is 14.5 Å². The van der Waals surface area contributed by atoms with Crippen molar-refractivity contribution in [3.8, 4) is 34.0 Å². The van der Waals surface area contributed by atoms with E-state index in [4.69, 9.17) is 15.2 Å². The molecule has 3 heterocycles. The summed E-state index contributed by atoms with van der Waals surface area (Å²) in [5.41, 5.74) is 7.04. The number of methoxy groups -OCH3 is 1. The van der Waals surface area contributed by atoms with E-state index in [2.05, 4.69) is 15.1 Å². The van der Waals surface area contributed by atoms with E-state index < -0.39 is 17.6 Å². The maximum absolute atomic E-state index is 13.5. The zero-order valence-corrected chi connectivity index (χ0v) is 25.8. The molecule has 0 aliphatic heterocycles. The number of halogens is 3. The molecule has 3 aromatic heterocycles. The number of amides is 2. The number of fused-ring (bicyclic) bond motifs is 1. The quantitative estimate of drug-likeness (QED) is 0.266. The van der Waals surface area contributed by atoms with Gasteiger partial charge >= 0.3 is 6.18 Å². The Morgan fingerprint density at radius 1 is 0.956 bits per heavy atom. The molecular formula is C30H35F3N8O4. The number of anilines is 1. The average Bonchev–Trinajstić information content (AvgIpc) is 3.31. The molecule has 12 nitrogen and oxygen atoms in total. The summed E-state index contributed by atoms with van der Waals surface area (Å²) in [6.07, 6.45) is -3.41. The molecule has 0 spiro atoms. The Balaban J connectivity index is 1.58. The zero-order valence-electron chi connectivity index (χ0n) is 25.8. The van der Waals surface area contributed by atoms with Gasteiger partial charge in [0, 0.05) is 52.1 Å². The number of imidazole rings is 1. The number of nitrogens with zero attached hydrogens (tertiary/aromatic N) is 7. The lowest BCUT2D eigenvalue weighted by Crippen LogP contribution is -2.43. The van der Waals surface area contributed by atoms with E-state index in [1.54, 1.807) is 70.3 Å². The number of carbonyl (C=O) groups is 2. The fraction of sp³-hybridized carbons (Fsp3) is 0.367. The second-order valence-electron chi connectivity index (χ2n) is 10.7. The van der Waals surface area contributed by atoms with Gasteiger partial charge in [-0.1, -0.05) is 0 Å². The summed E-state index contributed by atoms with van der Waals surface area (Å²) in [6.45, 7) is 2.27. The van der Waals surface area contributed by atoms with E-state index >= 15 is 0 Å². The van der Waals surface area contributed by atoms with E-state index in [1.807, 2.05) is 0 Å². The highest BCUT2D eigenvalue weighted by Gasteiger charge is 2.34. The summed E-state index contributed by atoms with van der Waals surface area (Å²) < 4.78 is 53.6. The van der Waals surface area contributed by atoms with Gasteiger partial charge in [-0.05, 0) is 43.3 Å². The monoisotopic (exact) mass is 628 g/mol. The third-order valence-corrected chi connectivity index (χ3v) is 6.99. The van der Waals surface area contributed by atoms with E-state index in [-0.39, 0.29) is 37.1 Å². The Morgan fingerprint density at radius 3 is 2.22 bits per heavy atom. The number of nitrogen functional groups attached to an aromatic ring is 1. The lowest BCUT2D eigenvalue weighted by molar-refractivity contribution is -0.137. The van der Waals surface area contributed by atoms with Crippen LogP contribution in [-0.4, -0.2) is 108 Å². The second-order valence-corrected chi connectivity index (χ2v) is 10.7. The topological polar surface area (TPSA) is 131 Å². The van der Waals surface area contributed by atoms with Crippen LogP contribution < -0.4 is 15.2 Å². The molecule has 4 aromatic rings. The predicted octanol–water partition coefficient (Wildman–Crippen LogP) is 3.23. The van der Waals surface area contributed by atoms with Crippen LogP contribution in [0, 0.1) is 6.92 Å². The number of aryl methyl sites for hydroxylation is 1. The molecule has 0 atom stereocenters. The van der Waals surface area contributed by atoms with Gasteiger partial charge in [-0.2, -0.15) is 18.3 Å². The van der Waals surface area contributed by atoms with Crippen molar-refractivity contribution in [3.05, 3.63) is 53.9 Å². The molecule has 0 saturated heterocycles. The highest BCUT2D eigenvalue weighted by molar-refractivity contribution is 5.80. The van der Waals surface area contributed by atoms with Crippen molar-refractivity contribution in [1.82, 2.24) is 34.3 Å². The van der Waals surface area contributed by atoms with Crippen molar-refractivity contribution in [2.75, 3.05) is 67.3 Å². The average molecular weight is 629 g/mol. The molecule has 45 heavy (non-hydrogen) atoms. The summed E-state index contributed by atoms with van der Waals surface area (Å²) in [4.78, 5) is 37.4. The molecule has 2 N–H and O–H groups in total. The zero-order chi connectivity index (χ0) is 33.1. The SMILES string of the molecule is COc1cc(-c2ccc3nc(C)c(-c4cnc(N)c(C(F)(F)F)c4)n3n2)ccc1OCCN(CC(=O)N(C)C)CC(=O)N(C)C. The van der Waals surface area contributed by atoms with E-state index in [1.165, 1.54) is 27.6 Å². The molecule has 2 amide bonds. The summed E-state index contributed by atoms with van der Waals surface area (Å²) in [5, 5.41) is 4.67. The number of nitrogens with two attached hydrogens (primary N) is 1. The normalized spacial score (nSPS) is 11.6. The number of benzene rings is 1. The second kappa shape index (κ2) is 13.4. The molecule has 240 valence electrons. The number of rotatable bonds is 11. The van der Waals surface area contributed by atoms with Gasteiger partial charge in [0.2, 0.25) is 11.8 Å². The lowest BCUT2D eigenvalue weighted by Gasteiger charge is -2.24. The molecule has 4 rings (SSSR count). The Kier molecular flexibility index (Phi) is 9.81. The van der Waals surface area contributed by atoms with Gasteiger partial charge in [0.05, 0.1) is 42.8 Å². The Bertz CT molecular complexity index is 1680. The summed E-state index contributed by atoms with van der Waals surface area (Å²) >= 11 is 0. The first-order valence-corrected chi connectivity index (χ1v) is 13.8. The molecule has 0 bridgehead atoms. The number of ether oxygens (including phenoxy) is 2. The van der Waals surface area contributed by atoms with Gasteiger partial charge in [-0.25, -0.2) is 14.5 Å². The number of hydrogen-bond acceptors (Lipinski definition) is 9. The molecule has 15 heteroatoms. The molecule has 0 radical (unpaired) electrons. The van der Waals surface area contributed by atoms with Crippen molar-refractivity contribution in [1.29, 1.82) is 0 Å². The fourth-order valence-corrected chi connectivity index (χ4v) is 4.47. The van der Waals surface area contributed by atoms with Crippen molar-refractivity contribution in [2.24, 2.45) is 0 Å². The minimum Gasteiger partial charge on any atom is -0.493 e. The van der Waals surface area contributed by atoms with Crippen LogP contribution in [0.5, 0.6) is 11.5 Å². The van der Waals surface area contributed by atoms with Crippen LogP contribution in [0.1, 0.15) is 11.3 Å². The number of aromatic nitrogens is 4. The molecule has 0 fully saturated rings. The molecule has 0 aliphatic carbocycles. The predicted molar refractivity (Wildman–Crippen MR) is 162 cm³/mol. The molecule has 0 unspecified atom stereocenters. The number of pyridine rings is 1. The van der Waals surface area contributed by atoms with Gasteiger partial charge in [0.15, 0.2) is 17.1 Å². The van der Waals surface area contributed by atoms with Gasteiger partial charge in [0.1, 0.15) is 12.4 Å². The maximum atomic E-state index is 13.5. The van der Waals surface area contributed by atoms with Crippen LogP contribution >= 0.6 is 0 Å². The summed E-state index contributed by atoms with van der Waals surface area (Å²) in [6, 6.07) is 9.60. The van der Waals surface area contributed by atoms with Gasteiger partial charge in [0.25, 0.3) is 0 Å². The molecule has 0 saturated carbocycles. The van der Waals surface area contributed by atoms with Crippen LogP contribution in [0.15, 0.2) is 42.6 Å². The number of alkyl halides is 3. The first-order valence-electron chi connectivity index (χ1n) is 13.8. The molecular weight excluding hydrogens is 593 g/mol. The van der Waals surface area contributed by atoms with Crippen molar-refractivity contribution >= 4 is 23.3 Å². The van der Waals surface area contributed by atoms with E-state index in [0.717, 1.165) is 6.07 Å². The van der Waals surface area contributed by atoms with Crippen LogP contribution in [0.3, 0.4) is 0 Å².